The third-order valence-corrected chi connectivity index (χ3v) is 3.25. The van der Waals surface area contributed by atoms with Crippen LogP contribution in [0.25, 0.3) is 11.3 Å². The van der Waals surface area contributed by atoms with Crippen LogP contribution in [0, 0.1) is 6.92 Å². The molecule has 0 spiro atoms. The molecule has 0 bridgehead atoms. The van der Waals surface area contributed by atoms with E-state index in [-0.39, 0.29) is 16.3 Å². The molecule has 20 heavy (non-hydrogen) atoms. The first-order valence-electron chi connectivity index (χ1n) is 5.33. The number of alkyl halides is 3. The lowest BCUT2D eigenvalue weighted by atomic mass is 10.1. The molecule has 0 saturated carbocycles. The highest BCUT2D eigenvalue weighted by molar-refractivity contribution is 7.14. The van der Waals surface area contributed by atoms with Gasteiger partial charge in [0.25, 0.3) is 0 Å². The number of hydrogen-bond acceptors (Lipinski definition) is 4. The molecule has 0 unspecified atom stereocenters. The van der Waals surface area contributed by atoms with Crippen LogP contribution in [-0.4, -0.2) is 22.4 Å². The van der Waals surface area contributed by atoms with Gasteiger partial charge in [0.1, 0.15) is 10.6 Å². The van der Waals surface area contributed by atoms with E-state index in [0.29, 0.717) is 10.6 Å². The van der Waals surface area contributed by atoms with Crippen LogP contribution in [0.5, 0.6) is 5.75 Å². The van der Waals surface area contributed by atoms with Crippen LogP contribution in [0.4, 0.5) is 13.2 Å². The molecule has 1 heterocycles. The molecule has 4 nitrogen and oxygen atoms in total. The first-order valence-corrected chi connectivity index (χ1v) is 6.15. The Morgan fingerprint density at radius 3 is 2.40 bits per heavy atom. The first kappa shape index (κ1) is 14.3. The van der Waals surface area contributed by atoms with Crippen molar-refractivity contribution in [1.29, 1.82) is 0 Å². The third kappa shape index (κ3) is 3.27. The normalized spacial score (nSPS) is 11.4. The van der Waals surface area contributed by atoms with Crippen molar-refractivity contribution in [3.05, 3.63) is 34.2 Å². The summed E-state index contributed by atoms with van der Waals surface area (Å²) in [7, 11) is 0. The number of thiazole rings is 1. The van der Waals surface area contributed by atoms with Gasteiger partial charge in [-0.05, 0) is 31.2 Å². The minimum Gasteiger partial charge on any atom is -0.477 e. The number of aromatic nitrogens is 1. The van der Waals surface area contributed by atoms with Gasteiger partial charge < -0.3 is 9.84 Å². The number of halogens is 3. The fourth-order valence-electron chi connectivity index (χ4n) is 1.58. The van der Waals surface area contributed by atoms with Crippen molar-refractivity contribution in [2.75, 3.05) is 0 Å². The number of ether oxygens (including phenoxy) is 1. The number of carboxylic acids is 1. The van der Waals surface area contributed by atoms with Crippen LogP contribution in [0.2, 0.25) is 0 Å². The highest BCUT2D eigenvalue weighted by Gasteiger charge is 2.31. The maximum absolute atomic E-state index is 12.0. The lowest BCUT2D eigenvalue weighted by molar-refractivity contribution is -0.274. The lowest BCUT2D eigenvalue weighted by Crippen LogP contribution is -2.16. The molecule has 0 saturated heterocycles. The van der Waals surface area contributed by atoms with E-state index in [4.69, 9.17) is 5.11 Å². The van der Waals surface area contributed by atoms with Crippen molar-refractivity contribution in [2.45, 2.75) is 13.3 Å². The molecule has 0 aliphatic heterocycles. The van der Waals surface area contributed by atoms with Gasteiger partial charge in [0.2, 0.25) is 0 Å². The number of benzene rings is 1. The molecule has 0 fully saturated rings. The Labute approximate surface area is 115 Å². The second kappa shape index (κ2) is 5.12. The Kier molecular flexibility index (Phi) is 3.67. The molecular formula is C12H8F3NO3S. The minimum absolute atomic E-state index is 0.0481. The molecule has 1 N–H and O–H groups in total. The Bertz CT molecular complexity index is 634. The van der Waals surface area contributed by atoms with E-state index in [2.05, 4.69) is 9.72 Å². The van der Waals surface area contributed by atoms with Crippen LogP contribution in [0.3, 0.4) is 0 Å². The van der Waals surface area contributed by atoms with Crippen molar-refractivity contribution < 1.29 is 27.8 Å². The Balaban J connectivity index is 2.33. The number of carboxylic acid groups (broad SMARTS) is 1. The Morgan fingerprint density at radius 2 is 1.90 bits per heavy atom. The van der Waals surface area contributed by atoms with E-state index >= 15 is 0 Å². The third-order valence-electron chi connectivity index (χ3n) is 2.29. The molecule has 1 aromatic carbocycles. The Morgan fingerprint density at radius 1 is 1.30 bits per heavy atom. The minimum atomic E-state index is -4.76. The SMILES string of the molecule is Cc1nc(-c2ccc(OC(F)(F)F)cc2)c(C(=O)O)s1. The van der Waals surface area contributed by atoms with Crippen molar-refractivity contribution in [1.82, 2.24) is 4.98 Å². The monoisotopic (exact) mass is 303 g/mol. The highest BCUT2D eigenvalue weighted by Crippen LogP contribution is 2.30. The molecule has 0 aliphatic rings. The lowest BCUT2D eigenvalue weighted by Gasteiger charge is -2.08. The quantitative estimate of drug-likeness (QED) is 0.939. The smallest absolute Gasteiger partial charge is 0.477 e. The predicted molar refractivity (Wildman–Crippen MR) is 65.9 cm³/mol. The second-order valence-corrected chi connectivity index (χ2v) is 4.99. The van der Waals surface area contributed by atoms with E-state index in [9.17, 15) is 18.0 Å². The Hall–Kier alpha value is -2.09. The van der Waals surface area contributed by atoms with Gasteiger partial charge in [-0.25, -0.2) is 9.78 Å². The maximum atomic E-state index is 12.0. The molecule has 2 rings (SSSR count). The fourth-order valence-corrected chi connectivity index (χ4v) is 2.36. The summed E-state index contributed by atoms with van der Waals surface area (Å²) in [5.41, 5.74) is 0.653. The van der Waals surface area contributed by atoms with Crippen LogP contribution in [-0.2, 0) is 0 Å². The van der Waals surface area contributed by atoms with Crippen LogP contribution >= 0.6 is 11.3 Å². The topological polar surface area (TPSA) is 59.4 Å². The van der Waals surface area contributed by atoms with Crippen LogP contribution in [0.15, 0.2) is 24.3 Å². The van der Waals surface area contributed by atoms with Gasteiger partial charge in [-0.15, -0.1) is 24.5 Å². The van der Waals surface area contributed by atoms with Gasteiger partial charge in [-0.1, -0.05) is 0 Å². The van der Waals surface area contributed by atoms with Crippen molar-refractivity contribution in [2.24, 2.45) is 0 Å². The van der Waals surface area contributed by atoms with E-state index in [1.54, 1.807) is 6.92 Å². The summed E-state index contributed by atoms with van der Waals surface area (Å²) in [4.78, 5) is 15.2. The van der Waals surface area contributed by atoms with Crippen LogP contribution in [0.1, 0.15) is 14.7 Å². The molecule has 8 heteroatoms. The fraction of sp³-hybridized carbons (Fsp3) is 0.167. The van der Waals surface area contributed by atoms with Gasteiger partial charge in [0.15, 0.2) is 0 Å². The summed E-state index contributed by atoms with van der Waals surface area (Å²) < 4.78 is 39.8. The summed E-state index contributed by atoms with van der Waals surface area (Å²) in [6, 6.07) is 4.90. The van der Waals surface area contributed by atoms with Crippen molar-refractivity contribution in [3.8, 4) is 17.0 Å². The van der Waals surface area contributed by atoms with Crippen molar-refractivity contribution in [3.63, 3.8) is 0 Å². The zero-order valence-corrected chi connectivity index (χ0v) is 10.9. The average molecular weight is 303 g/mol. The molecule has 0 aliphatic carbocycles. The zero-order chi connectivity index (χ0) is 14.9. The number of carbonyl (C=O) groups is 1. The van der Waals surface area contributed by atoms with Gasteiger partial charge in [-0.2, -0.15) is 0 Å². The van der Waals surface area contributed by atoms with Crippen molar-refractivity contribution >= 4 is 17.3 Å². The van der Waals surface area contributed by atoms with E-state index < -0.39 is 12.3 Å². The standard InChI is InChI=1S/C12H8F3NO3S/c1-6-16-9(10(20-6)11(17)18)7-2-4-8(5-3-7)19-12(13,14)15/h2-5H,1H3,(H,17,18). The van der Waals surface area contributed by atoms with Crippen LogP contribution < -0.4 is 4.74 Å². The predicted octanol–water partition coefficient (Wildman–Crippen LogP) is 3.72. The van der Waals surface area contributed by atoms with Gasteiger partial charge in [0, 0.05) is 5.56 Å². The van der Waals surface area contributed by atoms with Gasteiger partial charge in [-0.3, -0.25) is 0 Å². The highest BCUT2D eigenvalue weighted by atomic mass is 32.1. The maximum Gasteiger partial charge on any atom is 0.573 e. The molecule has 2 aromatic rings. The largest absolute Gasteiger partial charge is 0.573 e. The summed E-state index contributed by atoms with van der Waals surface area (Å²) in [6.07, 6.45) is -4.76. The molecular weight excluding hydrogens is 295 g/mol. The van der Waals surface area contributed by atoms with E-state index in [1.807, 2.05) is 0 Å². The number of aromatic carboxylic acids is 1. The summed E-state index contributed by atoms with van der Waals surface area (Å²) in [5.74, 6) is -1.49. The second-order valence-electron chi connectivity index (χ2n) is 3.79. The van der Waals surface area contributed by atoms with Gasteiger partial charge in [0.05, 0.1) is 10.7 Å². The first-order chi connectivity index (χ1) is 9.26. The summed E-state index contributed by atoms with van der Waals surface area (Å²) in [5, 5.41) is 9.61. The summed E-state index contributed by atoms with van der Waals surface area (Å²) >= 11 is 1.01. The molecule has 0 radical (unpaired) electrons. The average Bonchev–Trinajstić information content (AvgIpc) is 2.70. The number of rotatable bonds is 3. The molecule has 0 atom stereocenters. The molecule has 106 valence electrons. The molecule has 1 aromatic heterocycles. The van der Waals surface area contributed by atoms with Gasteiger partial charge >= 0.3 is 12.3 Å². The van der Waals surface area contributed by atoms with E-state index in [1.165, 1.54) is 12.1 Å². The summed E-state index contributed by atoms with van der Waals surface area (Å²) in [6.45, 7) is 1.65. The van der Waals surface area contributed by atoms with E-state index in [0.717, 1.165) is 23.5 Å². The molecule has 0 amide bonds. The zero-order valence-electron chi connectivity index (χ0n) is 10.1. The number of aryl methyl sites for hydroxylation is 1. The number of hydrogen-bond donors (Lipinski definition) is 1. The number of nitrogens with zero attached hydrogens (tertiary/aromatic N) is 1.